The van der Waals surface area contributed by atoms with Gasteiger partial charge in [0.1, 0.15) is 24.0 Å². The molecule has 2 aromatic carbocycles. The van der Waals surface area contributed by atoms with E-state index in [0.29, 0.717) is 11.7 Å². The van der Waals surface area contributed by atoms with Gasteiger partial charge in [0.25, 0.3) is 0 Å². The average molecular weight is 355 g/mol. The standard InChI is InChI=1S/C17H17BrF2O/c1-10(2)12-5-4-11(3)16(8-12)21-9-13-15(19)7-6-14(18)17(13)20/h4-8,10H,9H2,1-3H3. The van der Waals surface area contributed by atoms with Crippen LogP contribution in [0.4, 0.5) is 8.78 Å². The Labute approximate surface area is 132 Å². The third-order valence-corrected chi connectivity index (χ3v) is 4.00. The summed E-state index contributed by atoms with van der Waals surface area (Å²) < 4.78 is 33.5. The van der Waals surface area contributed by atoms with E-state index in [1.54, 1.807) is 0 Å². The smallest absolute Gasteiger partial charge is 0.146 e. The van der Waals surface area contributed by atoms with Gasteiger partial charge in [-0.3, -0.25) is 0 Å². The second kappa shape index (κ2) is 6.56. The van der Waals surface area contributed by atoms with Crippen LogP contribution in [-0.4, -0.2) is 0 Å². The van der Waals surface area contributed by atoms with E-state index in [2.05, 4.69) is 29.8 Å². The Hall–Kier alpha value is -1.42. The molecule has 0 saturated carbocycles. The van der Waals surface area contributed by atoms with Crippen LogP contribution in [0.25, 0.3) is 0 Å². The van der Waals surface area contributed by atoms with Gasteiger partial charge >= 0.3 is 0 Å². The minimum Gasteiger partial charge on any atom is -0.488 e. The van der Waals surface area contributed by atoms with E-state index in [4.69, 9.17) is 4.74 Å². The number of rotatable bonds is 4. The summed E-state index contributed by atoms with van der Waals surface area (Å²) in [6, 6.07) is 8.49. The molecule has 1 nitrogen and oxygen atoms in total. The highest BCUT2D eigenvalue weighted by Crippen LogP contribution is 2.27. The number of hydrogen-bond donors (Lipinski definition) is 0. The molecule has 0 fully saturated rings. The zero-order valence-corrected chi connectivity index (χ0v) is 13.8. The predicted octanol–water partition coefficient (Wildman–Crippen LogP) is 5.74. The van der Waals surface area contributed by atoms with Gasteiger partial charge in [-0.2, -0.15) is 0 Å². The molecule has 2 rings (SSSR count). The number of ether oxygens (including phenoxy) is 1. The fourth-order valence-corrected chi connectivity index (χ4v) is 2.35. The molecule has 0 saturated heterocycles. The largest absolute Gasteiger partial charge is 0.488 e. The minimum absolute atomic E-state index is 0.0706. The molecule has 2 aromatic rings. The predicted molar refractivity (Wildman–Crippen MR) is 83.7 cm³/mol. The molecule has 0 aliphatic carbocycles. The number of aryl methyl sites for hydroxylation is 1. The van der Waals surface area contributed by atoms with E-state index in [1.165, 1.54) is 12.1 Å². The van der Waals surface area contributed by atoms with E-state index in [1.807, 2.05) is 25.1 Å². The van der Waals surface area contributed by atoms with Crippen molar-refractivity contribution in [3.63, 3.8) is 0 Å². The quantitative estimate of drug-likeness (QED) is 0.636. The minimum atomic E-state index is -0.618. The molecule has 0 atom stereocenters. The van der Waals surface area contributed by atoms with Crippen molar-refractivity contribution in [1.82, 2.24) is 0 Å². The summed E-state index contributed by atoms with van der Waals surface area (Å²) in [5, 5.41) is 0. The molecule has 21 heavy (non-hydrogen) atoms. The number of halogens is 3. The molecule has 0 heterocycles. The van der Waals surface area contributed by atoms with E-state index < -0.39 is 11.6 Å². The summed E-state index contributed by atoms with van der Waals surface area (Å²) in [7, 11) is 0. The Morgan fingerprint density at radius 2 is 1.86 bits per heavy atom. The Morgan fingerprint density at radius 1 is 1.14 bits per heavy atom. The molecular formula is C17H17BrF2O. The Morgan fingerprint density at radius 3 is 2.52 bits per heavy atom. The first kappa shape index (κ1) is 16.0. The summed E-state index contributed by atoms with van der Waals surface area (Å²) in [5.41, 5.74) is 2.00. The Kier molecular flexibility index (Phi) is 4.99. The van der Waals surface area contributed by atoms with E-state index in [9.17, 15) is 8.78 Å². The molecular weight excluding hydrogens is 338 g/mol. The van der Waals surface area contributed by atoms with E-state index in [0.717, 1.165) is 11.1 Å². The van der Waals surface area contributed by atoms with Gasteiger partial charge in [0.2, 0.25) is 0 Å². The molecule has 0 aliphatic rings. The van der Waals surface area contributed by atoms with Crippen LogP contribution in [0.3, 0.4) is 0 Å². The summed E-state index contributed by atoms with van der Waals surface area (Å²) in [6.45, 7) is 5.94. The highest BCUT2D eigenvalue weighted by atomic mass is 79.9. The first-order chi connectivity index (χ1) is 9.90. The lowest BCUT2D eigenvalue weighted by Gasteiger charge is -2.14. The van der Waals surface area contributed by atoms with E-state index in [-0.39, 0.29) is 16.6 Å². The fraction of sp³-hybridized carbons (Fsp3) is 0.294. The van der Waals surface area contributed by atoms with Gasteiger partial charge in [-0.15, -0.1) is 0 Å². The summed E-state index contributed by atoms with van der Waals surface area (Å²) in [5.74, 6) is -0.201. The Balaban J connectivity index is 2.24. The van der Waals surface area contributed by atoms with Crippen molar-refractivity contribution < 1.29 is 13.5 Å². The van der Waals surface area contributed by atoms with Crippen LogP contribution in [0, 0.1) is 18.6 Å². The average Bonchev–Trinajstić information content (AvgIpc) is 2.44. The first-order valence-electron chi connectivity index (χ1n) is 6.76. The maximum atomic E-state index is 13.9. The Bertz CT molecular complexity index is 653. The summed E-state index contributed by atoms with van der Waals surface area (Å²) in [4.78, 5) is 0. The van der Waals surface area contributed by atoms with Crippen molar-refractivity contribution in [1.29, 1.82) is 0 Å². The molecule has 112 valence electrons. The highest BCUT2D eigenvalue weighted by Gasteiger charge is 2.14. The van der Waals surface area contributed by atoms with Crippen molar-refractivity contribution in [2.75, 3.05) is 0 Å². The monoisotopic (exact) mass is 354 g/mol. The van der Waals surface area contributed by atoms with Gasteiger partial charge in [0, 0.05) is 0 Å². The van der Waals surface area contributed by atoms with Crippen molar-refractivity contribution in [3.8, 4) is 5.75 Å². The third kappa shape index (κ3) is 3.62. The molecule has 0 spiro atoms. The lowest BCUT2D eigenvalue weighted by atomic mass is 10.0. The van der Waals surface area contributed by atoms with Crippen molar-refractivity contribution >= 4 is 15.9 Å². The molecule has 0 bridgehead atoms. The van der Waals surface area contributed by atoms with Crippen molar-refractivity contribution in [2.24, 2.45) is 0 Å². The lowest BCUT2D eigenvalue weighted by molar-refractivity contribution is 0.290. The topological polar surface area (TPSA) is 9.23 Å². The zero-order chi connectivity index (χ0) is 15.6. The first-order valence-corrected chi connectivity index (χ1v) is 7.55. The third-order valence-electron chi connectivity index (χ3n) is 3.39. The molecule has 0 unspecified atom stereocenters. The molecule has 0 radical (unpaired) electrons. The second-order valence-corrected chi connectivity index (χ2v) is 6.14. The van der Waals surface area contributed by atoms with Gasteiger partial charge in [-0.05, 0) is 58.1 Å². The molecule has 0 N–H and O–H groups in total. The van der Waals surface area contributed by atoms with Crippen LogP contribution in [0.1, 0.15) is 36.5 Å². The maximum Gasteiger partial charge on any atom is 0.146 e. The molecule has 4 heteroatoms. The van der Waals surface area contributed by atoms with Crippen LogP contribution >= 0.6 is 15.9 Å². The number of hydrogen-bond acceptors (Lipinski definition) is 1. The van der Waals surface area contributed by atoms with E-state index >= 15 is 0 Å². The van der Waals surface area contributed by atoms with Gasteiger partial charge in [-0.1, -0.05) is 26.0 Å². The molecule has 0 aromatic heterocycles. The van der Waals surface area contributed by atoms with Gasteiger partial charge in [0.15, 0.2) is 0 Å². The zero-order valence-electron chi connectivity index (χ0n) is 12.2. The number of benzene rings is 2. The SMILES string of the molecule is Cc1ccc(C(C)C)cc1OCc1c(F)ccc(Br)c1F. The fourth-order valence-electron chi connectivity index (χ4n) is 1.98. The molecule has 0 amide bonds. The highest BCUT2D eigenvalue weighted by molar-refractivity contribution is 9.10. The van der Waals surface area contributed by atoms with Crippen LogP contribution < -0.4 is 4.74 Å². The van der Waals surface area contributed by atoms with Crippen molar-refractivity contribution in [3.05, 3.63) is 63.1 Å². The lowest BCUT2D eigenvalue weighted by Crippen LogP contribution is -2.04. The van der Waals surface area contributed by atoms with Crippen LogP contribution in [0.2, 0.25) is 0 Å². The van der Waals surface area contributed by atoms with Gasteiger partial charge < -0.3 is 4.74 Å². The molecule has 0 aliphatic heterocycles. The van der Waals surface area contributed by atoms with Crippen LogP contribution in [-0.2, 0) is 6.61 Å². The van der Waals surface area contributed by atoms with Crippen LogP contribution in [0.5, 0.6) is 5.75 Å². The van der Waals surface area contributed by atoms with Gasteiger partial charge in [0.05, 0.1) is 10.0 Å². The summed E-state index contributed by atoms with van der Waals surface area (Å²) >= 11 is 3.05. The maximum absolute atomic E-state index is 13.9. The second-order valence-electron chi connectivity index (χ2n) is 5.29. The van der Waals surface area contributed by atoms with Crippen molar-refractivity contribution in [2.45, 2.75) is 33.3 Å². The van der Waals surface area contributed by atoms with Crippen LogP contribution in [0.15, 0.2) is 34.8 Å². The summed E-state index contributed by atoms with van der Waals surface area (Å²) in [6.07, 6.45) is 0. The van der Waals surface area contributed by atoms with Gasteiger partial charge in [-0.25, -0.2) is 8.78 Å². The normalized spacial score (nSPS) is 11.0.